The van der Waals surface area contributed by atoms with E-state index in [-0.39, 0.29) is 17.7 Å². The summed E-state index contributed by atoms with van der Waals surface area (Å²) in [4.78, 5) is 14.3. The van der Waals surface area contributed by atoms with Crippen LogP contribution in [-0.4, -0.2) is 49.3 Å². The number of hydrogen-bond acceptors (Lipinski definition) is 6. The minimum absolute atomic E-state index is 0.0101. The molecule has 144 valence electrons. The summed E-state index contributed by atoms with van der Waals surface area (Å²) in [6.45, 7) is 0.875. The van der Waals surface area contributed by atoms with Gasteiger partial charge in [-0.25, -0.2) is 13.9 Å². The molecule has 0 unspecified atom stereocenters. The Morgan fingerprint density at radius 2 is 1.70 bits per heavy atom. The maximum absolute atomic E-state index is 13.4. The van der Waals surface area contributed by atoms with Crippen LogP contribution >= 0.6 is 0 Å². The average Bonchev–Trinajstić information content (AvgIpc) is 2.69. The van der Waals surface area contributed by atoms with Gasteiger partial charge in [-0.2, -0.15) is 0 Å². The van der Waals surface area contributed by atoms with Crippen LogP contribution in [0.15, 0.2) is 59.5 Å². The number of hydroxylamine groups is 1. The third-order valence-electron chi connectivity index (χ3n) is 4.92. The number of carbonyl (C=O) groups excluding carboxylic acids is 1. The Labute approximate surface area is 158 Å². The first-order valence-electron chi connectivity index (χ1n) is 8.60. The lowest BCUT2D eigenvalue weighted by Gasteiger charge is -2.38. The SMILES string of the molecule is CN1CCC(C(=O)NO)(S(=O)(=O)c2cccc(Oc3ccccc3)c2)CC1. The van der Waals surface area contributed by atoms with Gasteiger partial charge in [-0.3, -0.25) is 10.0 Å². The minimum atomic E-state index is -4.05. The zero-order valence-corrected chi connectivity index (χ0v) is 15.8. The molecule has 0 aromatic heterocycles. The Hall–Kier alpha value is -2.42. The van der Waals surface area contributed by atoms with Gasteiger partial charge >= 0.3 is 0 Å². The molecule has 2 N–H and O–H groups in total. The van der Waals surface area contributed by atoms with E-state index in [0.717, 1.165) is 0 Å². The number of sulfone groups is 1. The highest BCUT2D eigenvalue weighted by molar-refractivity contribution is 7.93. The van der Waals surface area contributed by atoms with E-state index < -0.39 is 20.5 Å². The van der Waals surface area contributed by atoms with Gasteiger partial charge in [0.25, 0.3) is 5.91 Å². The third-order valence-corrected chi connectivity index (χ3v) is 7.42. The summed E-state index contributed by atoms with van der Waals surface area (Å²) >= 11 is 0. The van der Waals surface area contributed by atoms with Crippen LogP contribution in [0.5, 0.6) is 11.5 Å². The number of nitrogens with zero attached hydrogens (tertiary/aromatic N) is 1. The molecule has 0 bridgehead atoms. The van der Waals surface area contributed by atoms with Crippen LogP contribution in [0.4, 0.5) is 0 Å². The molecule has 0 saturated carbocycles. The van der Waals surface area contributed by atoms with E-state index >= 15 is 0 Å². The molecule has 0 atom stereocenters. The molecule has 27 heavy (non-hydrogen) atoms. The van der Waals surface area contributed by atoms with E-state index in [9.17, 15) is 18.4 Å². The molecule has 1 fully saturated rings. The normalized spacial score (nSPS) is 17.3. The first kappa shape index (κ1) is 19.3. The van der Waals surface area contributed by atoms with E-state index in [1.54, 1.807) is 29.7 Å². The molecule has 2 aromatic rings. The van der Waals surface area contributed by atoms with Gasteiger partial charge in [0.15, 0.2) is 14.6 Å². The van der Waals surface area contributed by atoms with Crippen molar-refractivity contribution >= 4 is 15.7 Å². The van der Waals surface area contributed by atoms with Crippen LogP contribution in [0.1, 0.15) is 12.8 Å². The standard InChI is InChI=1S/C19H22N2O5S/c1-21-12-10-19(11-13-21,18(22)20-23)27(24,25)17-9-5-8-16(14-17)26-15-6-3-2-4-7-15/h2-9,14,23H,10-13H2,1H3,(H,20,22). The van der Waals surface area contributed by atoms with Gasteiger partial charge < -0.3 is 9.64 Å². The summed E-state index contributed by atoms with van der Waals surface area (Å²) in [6, 6.07) is 15.1. The van der Waals surface area contributed by atoms with Crippen LogP contribution in [0.3, 0.4) is 0 Å². The smallest absolute Gasteiger partial charge is 0.265 e. The summed E-state index contributed by atoms with van der Waals surface area (Å²) in [7, 11) is -2.19. The zero-order valence-electron chi connectivity index (χ0n) is 15.0. The molecule has 1 saturated heterocycles. The Morgan fingerprint density at radius 1 is 1.07 bits per heavy atom. The monoisotopic (exact) mass is 390 g/mol. The van der Waals surface area contributed by atoms with Gasteiger partial charge in [-0.1, -0.05) is 24.3 Å². The second-order valence-corrected chi connectivity index (χ2v) is 8.89. The molecule has 2 aromatic carbocycles. The number of hydrogen-bond donors (Lipinski definition) is 2. The van der Waals surface area contributed by atoms with Crippen molar-refractivity contribution in [2.75, 3.05) is 20.1 Å². The Bertz CT molecular complexity index is 907. The van der Waals surface area contributed by atoms with Crippen molar-refractivity contribution in [3.63, 3.8) is 0 Å². The lowest BCUT2D eigenvalue weighted by atomic mass is 9.95. The van der Waals surface area contributed by atoms with Crippen molar-refractivity contribution in [2.24, 2.45) is 0 Å². The number of amides is 1. The average molecular weight is 390 g/mol. The number of piperidine rings is 1. The fourth-order valence-electron chi connectivity index (χ4n) is 3.25. The maximum atomic E-state index is 13.4. The molecule has 3 rings (SSSR count). The number of para-hydroxylation sites is 1. The van der Waals surface area contributed by atoms with Crippen LogP contribution in [0, 0.1) is 0 Å². The largest absolute Gasteiger partial charge is 0.457 e. The lowest BCUT2D eigenvalue weighted by molar-refractivity contribution is -0.133. The van der Waals surface area contributed by atoms with Gasteiger partial charge in [0.2, 0.25) is 0 Å². The van der Waals surface area contributed by atoms with E-state index in [1.807, 2.05) is 30.1 Å². The van der Waals surface area contributed by atoms with Crippen molar-refractivity contribution in [2.45, 2.75) is 22.5 Å². The topological polar surface area (TPSA) is 95.9 Å². The van der Waals surface area contributed by atoms with Crippen molar-refractivity contribution in [1.29, 1.82) is 0 Å². The highest BCUT2D eigenvalue weighted by Crippen LogP contribution is 2.37. The van der Waals surface area contributed by atoms with Crippen molar-refractivity contribution in [3.8, 4) is 11.5 Å². The highest BCUT2D eigenvalue weighted by Gasteiger charge is 2.52. The van der Waals surface area contributed by atoms with Gasteiger partial charge in [-0.05, 0) is 63.3 Å². The molecule has 0 radical (unpaired) electrons. The van der Waals surface area contributed by atoms with E-state index in [4.69, 9.17) is 4.74 Å². The molecule has 0 aliphatic carbocycles. The number of rotatable bonds is 5. The maximum Gasteiger partial charge on any atom is 0.265 e. The molecular formula is C19H22N2O5S. The van der Waals surface area contributed by atoms with Crippen molar-refractivity contribution in [1.82, 2.24) is 10.4 Å². The Morgan fingerprint density at radius 3 is 2.33 bits per heavy atom. The molecule has 1 aliphatic heterocycles. The molecule has 1 heterocycles. The lowest BCUT2D eigenvalue weighted by Crippen LogP contribution is -2.57. The van der Waals surface area contributed by atoms with E-state index in [2.05, 4.69) is 0 Å². The first-order chi connectivity index (χ1) is 12.9. The fourth-order valence-corrected chi connectivity index (χ4v) is 5.24. The zero-order chi connectivity index (χ0) is 19.5. The number of likely N-dealkylation sites (tertiary alicyclic amines) is 1. The number of ether oxygens (including phenoxy) is 1. The van der Waals surface area contributed by atoms with Gasteiger partial charge in [0, 0.05) is 0 Å². The second-order valence-electron chi connectivity index (χ2n) is 6.63. The molecule has 1 aliphatic rings. The summed E-state index contributed by atoms with van der Waals surface area (Å²) in [6.07, 6.45) is 0.198. The summed E-state index contributed by atoms with van der Waals surface area (Å²) in [5, 5.41) is 9.18. The van der Waals surface area contributed by atoms with Gasteiger partial charge in [-0.15, -0.1) is 0 Å². The molecular weight excluding hydrogens is 368 g/mol. The molecule has 0 spiro atoms. The highest BCUT2D eigenvalue weighted by atomic mass is 32.2. The van der Waals surface area contributed by atoms with Gasteiger partial charge in [0.1, 0.15) is 11.5 Å². The van der Waals surface area contributed by atoms with Crippen molar-refractivity contribution < 1.29 is 23.2 Å². The Balaban J connectivity index is 1.97. The quantitative estimate of drug-likeness (QED) is 0.600. The fraction of sp³-hybridized carbons (Fsp3) is 0.316. The predicted octanol–water partition coefficient (Wildman–Crippen LogP) is 2.22. The van der Waals surface area contributed by atoms with Crippen molar-refractivity contribution in [3.05, 3.63) is 54.6 Å². The second kappa shape index (κ2) is 7.67. The summed E-state index contributed by atoms with van der Waals surface area (Å²) in [5.41, 5.74) is 1.55. The van der Waals surface area contributed by atoms with Gasteiger partial charge in [0.05, 0.1) is 4.90 Å². The summed E-state index contributed by atoms with van der Waals surface area (Å²) in [5.74, 6) is 0.0360. The molecule has 7 nitrogen and oxygen atoms in total. The molecule has 1 amide bonds. The van der Waals surface area contributed by atoms with Crippen LogP contribution in [0.25, 0.3) is 0 Å². The summed E-state index contributed by atoms with van der Waals surface area (Å²) < 4.78 is 30.8. The van der Waals surface area contributed by atoms with E-state index in [1.165, 1.54) is 12.1 Å². The first-order valence-corrected chi connectivity index (χ1v) is 10.1. The number of benzene rings is 2. The van der Waals surface area contributed by atoms with Crippen LogP contribution < -0.4 is 10.2 Å². The predicted molar refractivity (Wildman–Crippen MR) is 99.5 cm³/mol. The van der Waals surface area contributed by atoms with E-state index in [0.29, 0.717) is 24.6 Å². The minimum Gasteiger partial charge on any atom is -0.457 e. The number of carbonyl (C=O) groups is 1. The number of nitrogens with one attached hydrogen (secondary N) is 1. The Kier molecular flexibility index (Phi) is 5.50. The van der Waals surface area contributed by atoms with Crippen LogP contribution in [-0.2, 0) is 14.6 Å². The molecule has 8 heteroatoms. The van der Waals surface area contributed by atoms with Crippen LogP contribution in [0.2, 0.25) is 0 Å². The third kappa shape index (κ3) is 3.69.